The molecule has 4 rings (SSSR count). The van der Waals surface area contributed by atoms with Gasteiger partial charge in [-0.25, -0.2) is 0 Å². The summed E-state index contributed by atoms with van der Waals surface area (Å²) in [5, 5.41) is -0.115. The maximum atomic E-state index is 13.7. The van der Waals surface area contributed by atoms with E-state index in [2.05, 4.69) is 53.8 Å². The molecular formula is C28H36FN3OS. The first-order valence-corrected chi connectivity index (χ1v) is 13.2. The lowest BCUT2D eigenvalue weighted by Gasteiger charge is -2.42. The lowest BCUT2D eigenvalue weighted by molar-refractivity contribution is -0.0447. The molecule has 0 aromatic carbocycles. The van der Waals surface area contributed by atoms with E-state index in [1.165, 1.54) is 16.9 Å². The van der Waals surface area contributed by atoms with Crippen LogP contribution in [0, 0.1) is 17.5 Å². The van der Waals surface area contributed by atoms with Crippen LogP contribution >= 0.6 is 11.3 Å². The van der Waals surface area contributed by atoms with E-state index in [-0.39, 0.29) is 22.2 Å². The van der Waals surface area contributed by atoms with Crippen LogP contribution in [0.3, 0.4) is 0 Å². The molecule has 182 valence electrons. The molecule has 0 saturated carbocycles. The van der Waals surface area contributed by atoms with Crippen LogP contribution in [0.25, 0.3) is 0 Å². The fourth-order valence-electron chi connectivity index (χ4n) is 5.45. The lowest BCUT2D eigenvalue weighted by atomic mass is 9.74. The average molecular weight is 482 g/mol. The van der Waals surface area contributed by atoms with Crippen LogP contribution in [-0.4, -0.2) is 34.6 Å². The normalized spacial score (nSPS) is 21.4. The molecule has 0 radical (unpaired) electrons. The first-order valence-electron chi connectivity index (χ1n) is 12.3. The van der Waals surface area contributed by atoms with Crippen molar-refractivity contribution in [2.24, 2.45) is 5.41 Å². The highest BCUT2D eigenvalue weighted by molar-refractivity contribution is 7.10. The summed E-state index contributed by atoms with van der Waals surface area (Å²) in [5.41, 5.74) is 3.22. The topological polar surface area (TPSA) is 38.2 Å². The van der Waals surface area contributed by atoms with Gasteiger partial charge in [0.2, 0.25) is 0 Å². The average Bonchev–Trinajstić information content (AvgIpc) is 3.49. The van der Waals surface area contributed by atoms with Crippen molar-refractivity contribution >= 4 is 11.3 Å². The summed E-state index contributed by atoms with van der Waals surface area (Å²) in [5.74, 6) is 0. The zero-order valence-electron chi connectivity index (χ0n) is 20.8. The zero-order chi connectivity index (χ0) is 24.2. The molecule has 3 aromatic heterocycles. The summed E-state index contributed by atoms with van der Waals surface area (Å²) >= 11 is 1.26. The lowest BCUT2D eigenvalue weighted by Crippen LogP contribution is -2.44. The molecule has 4 heterocycles. The molecule has 3 aromatic rings. The smallest absolute Gasteiger partial charge is 0.176 e. The van der Waals surface area contributed by atoms with E-state index in [1.54, 1.807) is 6.07 Å². The van der Waals surface area contributed by atoms with E-state index in [0.717, 1.165) is 54.9 Å². The molecular weight excluding hydrogens is 445 g/mol. The monoisotopic (exact) mass is 481 g/mol. The minimum atomic E-state index is -0.115. The number of aryl methyl sites for hydroxylation is 2. The van der Waals surface area contributed by atoms with E-state index >= 15 is 0 Å². The van der Waals surface area contributed by atoms with Crippen LogP contribution < -0.4 is 0 Å². The Kier molecular flexibility index (Phi) is 7.80. The van der Waals surface area contributed by atoms with Crippen molar-refractivity contribution in [3.05, 3.63) is 81.8 Å². The second-order valence-electron chi connectivity index (χ2n) is 9.68. The standard InChI is InChI=1S/C28H36FN3OS/c1-5-27(4,23-10-9-21(3)31-19-23)32-17-15-28(20-32,14-13-24-11-12-25(29)34-24)26(33-6-2)22-8-7-16-30-18-22/h7-12,16,18-19,26H,5-6,13-15,17,20H2,1-4H3. The number of aromatic nitrogens is 2. The summed E-state index contributed by atoms with van der Waals surface area (Å²) in [6.07, 6.45) is 9.54. The minimum Gasteiger partial charge on any atom is -0.373 e. The Hall–Kier alpha value is -2.15. The SMILES string of the molecule is CCOC(c1cccnc1)C1(CCc2ccc(F)s2)CCN(C(C)(CC)c2ccc(C)nc2)C1. The van der Waals surface area contributed by atoms with Gasteiger partial charge in [0.1, 0.15) is 0 Å². The Labute approximate surface area is 207 Å². The predicted octanol–water partition coefficient (Wildman–Crippen LogP) is 6.71. The van der Waals surface area contributed by atoms with Crippen molar-refractivity contribution in [1.82, 2.24) is 14.9 Å². The second kappa shape index (κ2) is 10.6. The zero-order valence-corrected chi connectivity index (χ0v) is 21.6. The van der Waals surface area contributed by atoms with Gasteiger partial charge in [0, 0.05) is 53.3 Å². The maximum Gasteiger partial charge on any atom is 0.176 e. The largest absolute Gasteiger partial charge is 0.373 e. The van der Waals surface area contributed by atoms with Crippen molar-refractivity contribution in [3.63, 3.8) is 0 Å². The van der Waals surface area contributed by atoms with E-state index in [4.69, 9.17) is 4.74 Å². The van der Waals surface area contributed by atoms with Crippen molar-refractivity contribution in [1.29, 1.82) is 0 Å². The van der Waals surface area contributed by atoms with Gasteiger partial charge in [-0.2, -0.15) is 4.39 Å². The molecule has 6 heteroatoms. The Bertz CT molecular complexity index is 1060. The second-order valence-corrected chi connectivity index (χ2v) is 10.8. The third-order valence-corrected chi connectivity index (χ3v) is 8.61. The van der Waals surface area contributed by atoms with Crippen LogP contribution in [0.2, 0.25) is 0 Å². The summed E-state index contributed by atoms with van der Waals surface area (Å²) in [6.45, 7) is 11.2. The molecule has 3 atom stereocenters. The van der Waals surface area contributed by atoms with Gasteiger partial charge in [-0.15, -0.1) is 11.3 Å². The number of hydrogen-bond donors (Lipinski definition) is 0. The Balaban J connectivity index is 1.68. The van der Waals surface area contributed by atoms with E-state index < -0.39 is 0 Å². The van der Waals surface area contributed by atoms with Crippen LogP contribution in [-0.2, 0) is 16.7 Å². The van der Waals surface area contributed by atoms with Crippen LogP contribution in [0.15, 0.2) is 55.0 Å². The van der Waals surface area contributed by atoms with E-state index in [0.29, 0.717) is 6.61 Å². The molecule has 1 aliphatic rings. The first-order chi connectivity index (χ1) is 16.4. The molecule has 0 aliphatic carbocycles. The van der Waals surface area contributed by atoms with Gasteiger partial charge in [-0.3, -0.25) is 14.9 Å². The summed E-state index contributed by atoms with van der Waals surface area (Å²) in [6, 6.07) is 12.0. The molecule has 4 nitrogen and oxygen atoms in total. The molecule has 0 spiro atoms. The van der Waals surface area contributed by atoms with Gasteiger partial charge in [0.05, 0.1) is 6.10 Å². The highest BCUT2D eigenvalue weighted by atomic mass is 32.1. The minimum absolute atomic E-state index is 0.0572. The van der Waals surface area contributed by atoms with Crippen molar-refractivity contribution in [2.45, 2.75) is 65.0 Å². The molecule has 1 fully saturated rings. The van der Waals surface area contributed by atoms with Crippen molar-refractivity contribution < 1.29 is 9.13 Å². The highest BCUT2D eigenvalue weighted by Crippen LogP contribution is 2.51. The Morgan fingerprint density at radius 2 is 2.06 bits per heavy atom. The molecule has 3 unspecified atom stereocenters. The quantitative estimate of drug-likeness (QED) is 0.322. The highest BCUT2D eigenvalue weighted by Gasteiger charge is 2.49. The van der Waals surface area contributed by atoms with Gasteiger partial charge in [0.25, 0.3) is 0 Å². The maximum absolute atomic E-state index is 13.7. The molecule has 0 amide bonds. The number of ether oxygens (including phenoxy) is 1. The van der Waals surface area contributed by atoms with Crippen LogP contribution in [0.1, 0.15) is 67.8 Å². The number of hydrogen-bond acceptors (Lipinski definition) is 5. The van der Waals surface area contributed by atoms with Gasteiger partial charge < -0.3 is 4.74 Å². The third-order valence-electron chi connectivity index (χ3n) is 7.68. The first kappa shape index (κ1) is 25.0. The molecule has 1 saturated heterocycles. The summed E-state index contributed by atoms with van der Waals surface area (Å²) in [4.78, 5) is 12.7. The summed E-state index contributed by atoms with van der Waals surface area (Å²) < 4.78 is 20.2. The van der Waals surface area contributed by atoms with Crippen LogP contribution in [0.5, 0.6) is 0 Å². The van der Waals surface area contributed by atoms with Crippen molar-refractivity contribution in [2.75, 3.05) is 19.7 Å². The van der Waals surface area contributed by atoms with Gasteiger partial charge in [0.15, 0.2) is 5.13 Å². The fourth-order valence-corrected chi connectivity index (χ4v) is 6.17. The van der Waals surface area contributed by atoms with E-state index in [1.807, 2.05) is 37.6 Å². The van der Waals surface area contributed by atoms with Crippen molar-refractivity contribution in [3.8, 4) is 0 Å². The fraction of sp³-hybridized carbons (Fsp3) is 0.500. The third kappa shape index (κ3) is 5.09. The number of nitrogens with zero attached hydrogens (tertiary/aromatic N) is 3. The number of rotatable bonds is 10. The van der Waals surface area contributed by atoms with Crippen LogP contribution in [0.4, 0.5) is 4.39 Å². The van der Waals surface area contributed by atoms with Gasteiger partial charge in [-0.05, 0) is 88.4 Å². The number of thiophene rings is 1. The molecule has 1 aliphatic heterocycles. The number of pyridine rings is 2. The van der Waals surface area contributed by atoms with Gasteiger partial charge >= 0.3 is 0 Å². The molecule has 0 N–H and O–H groups in total. The Morgan fingerprint density at radius 1 is 1.21 bits per heavy atom. The number of likely N-dealkylation sites (tertiary alicyclic amines) is 1. The predicted molar refractivity (Wildman–Crippen MR) is 136 cm³/mol. The summed E-state index contributed by atoms with van der Waals surface area (Å²) in [7, 11) is 0. The van der Waals surface area contributed by atoms with E-state index in [9.17, 15) is 4.39 Å². The molecule has 34 heavy (non-hydrogen) atoms. The van der Waals surface area contributed by atoms with Gasteiger partial charge in [-0.1, -0.05) is 19.1 Å². The number of halogens is 1. The Morgan fingerprint density at radius 3 is 2.68 bits per heavy atom. The molecule has 0 bridgehead atoms.